The normalized spacial score (nSPS) is 19.5. The highest BCUT2D eigenvalue weighted by molar-refractivity contribution is 5.92. The molecule has 35 heavy (non-hydrogen) atoms. The van der Waals surface area contributed by atoms with Crippen LogP contribution < -0.4 is 15.4 Å². The van der Waals surface area contributed by atoms with Crippen LogP contribution in [-0.4, -0.2) is 66.3 Å². The molecule has 3 N–H and O–H groups in total. The summed E-state index contributed by atoms with van der Waals surface area (Å²) in [5, 5.41) is 20.3. The van der Waals surface area contributed by atoms with Crippen LogP contribution in [0.3, 0.4) is 0 Å². The standard InChI is InChI=1S/C23H22FN9O2/c1-13-18(35-15-5-7-33-19(8-15)27-12-29-33)3-2-16(20(13)24)30-22-21-17(26-11-28-22)9-25-23(31-21)32-6-4-14(34)10-32/h2-3,5,7-9,11-12,14,23,31,34H,4,6,10H2,1H3,(H,26,28,30). The van der Waals surface area contributed by atoms with Crippen LogP contribution >= 0.6 is 0 Å². The number of nitrogens with zero attached hydrogens (tertiary/aromatic N) is 7. The first-order valence-corrected chi connectivity index (χ1v) is 11.2. The number of hydrogen-bond donors (Lipinski definition) is 3. The van der Waals surface area contributed by atoms with E-state index >= 15 is 4.39 Å². The molecular formula is C23H22FN9O2. The lowest BCUT2D eigenvalue weighted by Gasteiger charge is -2.29. The molecule has 2 unspecified atom stereocenters. The molecule has 1 aromatic carbocycles. The monoisotopic (exact) mass is 475 g/mol. The number of aliphatic hydroxyl groups is 1. The van der Waals surface area contributed by atoms with Crippen LogP contribution in [-0.2, 0) is 0 Å². The van der Waals surface area contributed by atoms with E-state index in [2.05, 4.69) is 35.7 Å². The molecule has 0 saturated carbocycles. The van der Waals surface area contributed by atoms with Gasteiger partial charge in [-0.2, -0.15) is 5.10 Å². The number of ether oxygens (including phenoxy) is 1. The summed E-state index contributed by atoms with van der Waals surface area (Å²) in [5.41, 5.74) is 2.44. The third kappa shape index (κ3) is 4.02. The van der Waals surface area contributed by atoms with Crippen molar-refractivity contribution in [2.24, 2.45) is 4.99 Å². The number of hydrogen-bond acceptors (Lipinski definition) is 10. The summed E-state index contributed by atoms with van der Waals surface area (Å²) in [6, 6.07) is 6.77. The zero-order valence-corrected chi connectivity index (χ0v) is 18.8. The minimum atomic E-state index is -0.456. The molecule has 1 saturated heterocycles. The molecule has 6 rings (SSSR count). The van der Waals surface area contributed by atoms with Crippen LogP contribution in [0, 0.1) is 12.7 Å². The molecule has 2 aliphatic heterocycles. The Morgan fingerprint density at radius 1 is 1.20 bits per heavy atom. The molecule has 0 aliphatic carbocycles. The molecular weight excluding hydrogens is 453 g/mol. The summed E-state index contributed by atoms with van der Waals surface area (Å²) in [6.07, 6.45) is 6.22. The van der Waals surface area contributed by atoms with Crippen molar-refractivity contribution >= 4 is 29.1 Å². The Hall–Kier alpha value is -4.16. The van der Waals surface area contributed by atoms with Crippen molar-refractivity contribution in [2.75, 3.05) is 23.7 Å². The second-order valence-electron chi connectivity index (χ2n) is 8.42. The fourth-order valence-corrected chi connectivity index (χ4v) is 4.21. The van der Waals surface area contributed by atoms with Crippen molar-refractivity contribution in [2.45, 2.75) is 25.7 Å². The third-order valence-electron chi connectivity index (χ3n) is 6.10. The first-order valence-electron chi connectivity index (χ1n) is 11.2. The second kappa shape index (κ2) is 8.56. The highest BCUT2D eigenvalue weighted by atomic mass is 19.1. The number of likely N-dealkylation sites (tertiary alicyclic amines) is 1. The van der Waals surface area contributed by atoms with E-state index in [-0.39, 0.29) is 18.1 Å². The molecule has 178 valence electrons. The van der Waals surface area contributed by atoms with Crippen molar-refractivity contribution < 1.29 is 14.2 Å². The Bertz CT molecular complexity index is 1440. The zero-order chi connectivity index (χ0) is 23.9. The first kappa shape index (κ1) is 21.4. The van der Waals surface area contributed by atoms with E-state index < -0.39 is 5.82 Å². The van der Waals surface area contributed by atoms with Gasteiger partial charge in [-0.15, -0.1) is 0 Å². The smallest absolute Gasteiger partial charge is 0.176 e. The van der Waals surface area contributed by atoms with Gasteiger partial charge in [0.2, 0.25) is 0 Å². The van der Waals surface area contributed by atoms with Crippen molar-refractivity contribution in [3.63, 3.8) is 0 Å². The number of aliphatic hydroxyl groups excluding tert-OH is 1. The Labute approximate surface area is 199 Å². The van der Waals surface area contributed by atoms with Gasteiger partial charge < -0.3 is 20.5 Å². The van der Waals surface area contributed by atoms with Crippen LogP contribution in [0.1, 0.15) is 17.7 Å². The van der Waals surface area contributed by atoms with Gasteiger partial charge in [-0.3, -0.25) is 9.89 Å². The number of rotatable bonds is 5. The van der Waals surface area contributed by atoms with E-state index in [4.69, 9.17) is 4.74 Å². The van der Waals surface area contributed by atoms with Gasteiger partial charge in [-0.05, 0) is 31.5 Å². The number of β-amino-alcohol motifs (C(OH)–C–C–N with tert-alkyl or cyclic N) is 1. The van der Waals surface area contributed by atoms with E-state index in [0.29, 0.717) is 52.9 Å². The maximum absolute atomic E-state index is 15.4. The van der Waals surface area contributed by atoms with Gasteiger partial charge in [0, 0.05) is 30.9 Å². The average Bonchev–Trinajstić information content (AvgIpc) is 3.52. The molecule has 0 radical (unpaired) electrons. The summed E-state index contributed by atoms with van der Waals surface area (Å²) < 4.78 is 22.9. The number of pyridine rings is 1. The topological polar surface area (TPSA) is 125 Å². The first-order chi connectivity index (χ1) is 17.0. The Morgan fingerprint density at radius 2 is 2.11 bits per heavy atom. The van der Waals surface area contributed by atoms with E-state index in [1.54, 1.807) is 48.1 Å². The minimum absolute atomic E-state index is 0.251. The SMILES string of the molecule is Cc1c(Oc2ccn3ncnc3c2)ccc(Nc2ncnc3c2NC(N2CCC(O)C2)N=C3)c1F. The fourth-order valence-electron chi connectivity index (χ4n) is 4.21. The van der Waals surface area contributed by atoms with Crippen molar-refractivity contribution in [3.8, 4) is 11.5 Å². The number of aromatic nitrogens is 5. The molecule has 11 nitrogen and oxygen atoms in total. The number of benzene rings is 1. The molecule has 1 fully saturated rings. The van der Waals surface area contributed by atoms with Gasteiger partial charge in [0.15, 0.2) is 23.6 Å². The lowest BCUT2D eigenvalue weighted by atomic mass is 10.1. The average molecular weight is 475 g/mol. The molecule has 2 aliphatic rings. The summed E-state index contributed by atoms with van der Waals surface area (Å²) >= 11 is 0. The van der Waals surface area contributed by atoms with Crippen molar-refractivity contribution in [3.05, 3.63) is 60.2 Å². The molecule has 0 amide bonds. The highest BCUT2D eigenvalue weighted by Gasteiger charge is 2.29. The summed E-state index contributed by atoms with van der Waals surface area (Å²) in [5.74, 6) is 0.886. The molecule has 0 spiro atoms. The summed E-state index contributed by atoms with van der Waals surface area (Å²) in [6.45, 7) is 2.90. The number of nitrogens with one attached hydrogen (secondary N) is 2. The van der Waals surface area contributed by atoms with Gasteiger partial charge in [-0.25, -0.2) is 23.9 Å². The molecule has 4 aromatic rings. The van der Waals surface area contributed by atoms with Gasteiger partial charge >= 0.3 is 0 Å². The van der Waals surface area contributed by atoms with Crippen LogP contribution in [0.5, 0.6) is 11.5 Å². The third-order valence-corrected chi connectivity index (χ3v) is 6.10. The predicted octanol–water partition coefficient (Wildman–Crippen LogP) is 2.70. The lowest BCUT2D eigenvalue weighted by molar-refractivity contribution is 0.166. The minimum Gasteiger partial charge on any atom is -0.457 e. The van der Waals surface area contributed by atoms with Crippen LogP contribution in [0.2, 0.25) is 0 Å². The predicted molar refractivity (Wildman–Crippen MR) is 127 cm³/mol. The van der Waals surface area contributed by atoms with Gasteiger partial charge in [0.05, 0.1) is 18.0 Å². The Kier molecular flexibility index (Phi) is 5.23. The van der Waals surface area contributed by atoms with Crippen molar-refractivity contribution in [1.82, 2.24) is 29.5 Å². The molecule has 3 aromatic heterocycles. The molecule has 0 bridgehead atoms. The number of anilines is 3. The maximum Gasteiger partial charge on any atom is 0.176 e. The van der Waals surface area contributed by atoms with E-state index in [9.17, 15) is 5.11 Å². The lowest BCUT2D eigenvalue weighted by Crippen LogP contribution is -2.40. The molecule has 2 atom stereocenters. The molecule has 12 heteroatoms. The highest BCUT2D eigenvalue weighted by Crippen LogP contribution is 2.34. The maximum atomic E-state index is 15.4. The second-order valence-corrected chi connectivity index (χ2v) is 8.42. The largest absolute Gasteiger partial charge is 0.457 e. The van der Waals surface area contributed by atoms with Crippen LogP contribution in [0.4, 0.5) is 21.6 Å². The quantitative estimate of drug-likeness (QED) is 0.399. The van der Waals surface area contributed by atoms with E-state index in [1.165, 1.54) is 12.7 Å². The van der Waals surface area contributed by atoms with Gasteiger partial charge in [0.25, 0.3) is 0 Å². The fraction of sp³-hybridized carbons (Fsp3) is 0.261. The van der Waals surface area contributed by atoms with Crippen LogP contribution in [0.25, 0.3) is 5.65 Å². The summed E-state index contributed by atoms with van der Waals surface area (Å²) in [7, 11) is 0. The number of aliphatic imine (C=N–C) groups is 1. The van der Waals surface area contributed by atoms with E-state index in [0.717, 1.165) is 6.54 Å². The zero-order valence-electron chi connectivity index (χ0n) is 18.8. The Morgan fingerprint density at radius 3 is 2.97 bits per heavy atom. The number of halogens is 1. The molecule has 5 heterocycles. The number of fused-ring (bicyclic) bond motifs is 2. The van der Waals surface area contributed by atoms with Crippen LogP contribution in [0.15, 0.2) is 48.1 Å². The van der Waals surface area contributed by atoms with Crippen molar-refractivity contribution in [1.29, 1.82) is 0 Å². The summed E-state index contributed by atoms with van der Waals surface area (Å²) in [4.78, 5) is 19.2. The Balaban J connectivity index is 1.24. The van der Waals surface area contributed by atoms with Gasteiger partial charge in [-0.1, -0.05) is 0 Å². The van der Waals surface area contributed by atoms with Gasteiger partial charge in [0.1, 0.15) is 35.5 Å². The van der Waals surface area contributed by atoms with E-state index in [1.807, 2.05) is 4.90 Å².